The van der Waals surface area contributed by atoms with Crippen LogP contribution < -0.4 is 0 Å². The summed E-state index contributed by atoms with van der Waals surface area (Å²) in [6.45, 7) is 2.48. The number of ether oxygens (including phenoxy) is 5. The van der Waals surface area contributed by atoms with E-state index < -0.39 is 48.1 Å². The van der Waals surface area contributed by atoms with Gasteiger partial charge < -0.3 is 23.7 Å². The van der Waals surface area contributed by atoms with E-state index in [9.17, 15) is 14.4 Å². The van der Waals surface area contributed by atoms with Crippen molar-refractivity contribution in [3.05, 3.63) is 35.9 Å². The fourth-order valence-electron chi connectivity index (χ4n) is 3.18. The van der Waals surface area contributed by atoms with E-state index in [-0.39, 0.29) is 0 Å². The molecular formula is C18H20O8. The summed E-state index contributed by atoms with van der Waals surface area (Å²) in [7, 11) is 1.39. The van der Waals surface area contributed by atoms with E-state index in [1.807, 2.05) is 0 Å². The first kappa shape index (κ1) is 18.3. The van der Waals surface area contributed by atoms with Crippen LogP contribution in [0, 0.1) is 0 Å². The number of hydrogen-bond donors (Lipinski definition) is 0. The average molecular weight is 364 g/mol. The SMILES string of the molecule is CO[C@@H]1O[C@@]2(C[C@H]2OC(=O)c2ccccc2)C(OC(C)=O)[C@@H]1OC(C)=O. The standard InChI is InChI=1S/C18H20O8/c1-10(19)23-14-15(24-11(2)20)18(26-17(14)22-3)9-13(18)25-16(21)12-7-5-4-6-8-12/h4-8,13-15,17H,9H2,1-3H3/t13-,14+,15?,17-,18-/m1/s1. The molecule has 26 heavy (non-hydrogen) atoms. The molecule has 1 saturated carbocycles. The van der Waals surface area contributed by atoms with Crippen molar-refractivity contribution in [2.24, 2.45) is 0 Å². The first-order chi connectivity index (χ1) is 12.4. The number of esters is 3. The van der Waals surface area contributed by atoms with Gasteiger partial charge in [-0.25, -0.2) is 4.79 Å². The normalized spacial score (nSPS) is 32.1. The monoisotopic (exact) mass is 364 g/mol. The quantitative estimate of drug-likeness (QED) is 0.568. The topological polar surface area (TPSA) is 97.4 Å². The Morgan fingerprint density at radius 2 is 1.69 bits per heavy atom. The van der Waals surface area contributed by atoms with Crippen molar-refractivity contribution in [2.45, 2.75) is 50.5 Å². The van der Waals surface area contributed by atoms with Crippen LogP contribution in [-0.2, 0) is 33.3 Å². The molecule has 0 radical (unpaired) electrons. The predicted octanol–water partition coefficient (Wildman–Crippen LogP) is 1.22. The van der Waals surface area contributed by atoms with Crippen molar-refractivity contribution in [1.29, 1.82) is 0 Å². The van der Waals surface area contributed by atoms with Gasteiger partial charge in [0.1, 0.15) is 6.10 Å². The van der Waals surface area contributed by atoms with Gasteiger partial charge in [-0.05, 0) is 12.1 Å². The van der Waals surface area contributed by atoms with Crippen LogP contribution in [0.25, 0.3) is 0 Å². The maximum Gasteiger partial charge on any atom is 0.338 e. The van der Waals surface area contributed by atoms with Gasteiger partial charge in [0.25, 0.3) is 0 Å². The third-order valence-corrected chi connectivity index (χ3v) is 4.36. The molecule has 0 bridgehead atoms. The second-order valence-corrected chi connectivity index (χ2v) is 6.25. The zero-order valence-corrected chi connectivity index (χ0v) is 14.7. The molecule has 1 aliphatic carbocycles. The van der Waals surface area contributed by atoms with E-state index in [1.54, 1.807) is 30.3 Å². The Labute approximate surface area is 150 Å². The molecule has 1 saturated heterocycles. The van der Waals surface area contributed by atoms with Gasteiger partial charge in [0.15, 0.2) is 24.1 Å². The molecule has 1 aliphatic heterocycles. The Balaban J connectivity index is 1.78. The number of methoxy groups -OCH3 is 1. The molecule has 0 aromatic heterocycles. The van der Waals surface area contributed by atoms with E-state index in [1.165, 1.54) is 21.0 Å². The molecule has 0 N–H and O–H groups in total. The van der Waals surface area contributed by atoms with Crippen LogP contribution in [0.3, 0.4) is 0 Å². The minimum atomic E-state index is -1.09. The van der Waals surface area contributed by atoms with Crippen LogP contribution in [0.2, 0.25) is 0 Å². The number of hydrogen-bond acceptors (Lipinski definition) is 8. The molecule has 8 nitrogen and oxygen atoms in total. The highest BCUT2D eigenvalue weighted by Crippen LogP contribution is 2.54. The van der Waals surface area contributed by atoms with Crippen LogP contribution >= 0.6 is 0 Å². The summed E-state index contributed by atoms with van der Waals surface area (Å²) in [5.41, 5.74) is -0.687. The van der Waals surface area contributed by atoms with Crippen molar-refractivity contribution in [3.8, 4) is 0 Å². The summed E-state index contributed by atoms with van der Waals surface area (Å²) >= 11 is 0. The molecule has 1 unspecified atom stereocenters. The molecule has 1 aromatic rings. The second kappa shape index (κ2) is 7.05. The van der Waals surface area contributed by atoms with Crippen LogP contribution in [0.1, 0.15) is 30.6 Å². The highest BCUT2D eigenvalue weighted by molar-refractivity contribution is 5.89. The summed E-state index contributed by atoms with van der Waals surface area (Å²) in [6, 6.07) is 8.51. The molecule has 1 aromatic carbocycles. The Kier molecular flexibility index (Phi) is 4.97. The van der Waals surface area contributed by atoms with Crippen molar-refractivity contribution < 1.29 is 38.1 Å². The zero-order valence-electron chi connectivity index (χ0n) is 14.7. The summed E-state index contributed by atoms with van der Waals surface area (Å²) in [5, 5.41) is 0. The summed E-state index contributed by atoms with van der Waals surface area (Å²) < 4.78 is 27.1. The van der Waals surface area contributed by atoms with E-state index in [2.05, 4.69) is 0 Å². The Bertz CT molecular complexity index is 702. The highest BCUT2D eigenvalue weighted by Gasteiger charge is 2.74. The third-order valence-electron chi connectivity index (χ3n) is 4.36. The minimum absolute atomic E-state index is 0.307. The van der Waals surface area contributed by atoms with Crippen LogP contribution in [0.4, 0.5) is 0 Å². The summed E-state index contributed by atoms with van der Waals surface area (Å²) in [5.74, 6) is -1.64. The maximum absolute atomic E-state index is 12.3. The Morgan fingerprint density at radius 3 is 2.27 bits per heavy atom. The Morgan fingerprint density at radius 1 is 1.04 bits per heavy atom. The molecule has 1 spiro atoms. The molecule has 1 heterocycles. The molecule has 5 atom stereocenters. The average Bonchev–Trinajstić information content (AvgIpc) is 3.21. The van der Waals surface area contributed by atoms with E-state index in [0.29, 0.717) is 12.0 Å². The van der Waals surface area contributed by atoms with E-state index in [4.69, 9.17) is 23.7 Å². The van der Waals surface area contributed by atoms with Gasteiger partial charge in [0.05, 0.1) is 5.56 Å². The molecule has 140 valence electrons. The predicted molar refractivity (Wildman–Crippen MR) is 86.0 cm³/mol. The summed E-state index contributed by atoms with van der Waals surface area (Å²) in [6.07, 6.45) is -3.13. The zero-order chi connectivity index (χ0) is 18.9. The molecule has 2 aliphatic rings. The third kappa shape index (κ3) is 3.42. The van der Waals surface area contributed by atoms with Crippen molar-refractivity contribution in [1.82, 2.24) is 0 Å². The van der Waals surface area contributed by atoms with Gasteiger partial charge in [-0.1, -0.05) is 18.2 Å². The van der Waals surface area contributed by atoms with Gasteiger partial charge in [0, 0.05) is 27.4 Å². The molecule has 2 fully saturated rings. The maximum atomic E-state index is 12.3. The van der Waals surface area contributed by atoms with Crippen LogP contribution in [0.15, 0.2) is 30.3 Å². The number of rotatable bonds is 5. The van der Waals surface area contributed by atoms with Gasteiger partial charge in [-0.15, -0.1) is 0 Å². The lowest BCUT2D eigenvalue weighted by atomic mass is 10.1. The lowest BCUT2D eigenvalue weighted by molar-refractivity contribution is -0.182. The van der Waals surface area contributed by atoms with Crippen molar-refractivity contribution >= 4 is 17.9 Å². The van der Waals surface area contributed by atoms with Gasteiger partial charge in [0.2, 0.25) is 0 Å². The first-order valence-electron chi connectivity index (χ1n) is 8.18. The van der Waals surface area contributed by atoms with Gasteiger partial charge >= 0.3 is 17.9 Å². The Hall–Kier alpha value is -2.45. The fraction of sp³-hybridized carbons (Fsp3) is 0.500. The number of benzene rings is 1. The largest absolute Gasteiger partial charge is 0.455 e. The molecule has 3 rings (SSSR count). The smallest absolute Gasteiger partial charge is 0.338 e. The lowest BCUT2D eigenvalue weighted by Crippen LogP contribution is -2.42. The molecule has 0 amide bonds. The molecule has 8 heteroatoms. The number of carbonyl (C=O) groups excluding carboxylic acids is 3. The van der Waals surface area contributed by atoms with Gasteiger partial charge in [-0.3, -0.25) is 9.59 Å². The van der Waals surface area contributed by atoms with Crippen molar-refractivity contribution in [2.75, 3.05) is 7.11 Å². The van der Waals surface area contributed by atoms with Gasteiger partial charge in [-0.2, -0.15) is 0 Å². The van der Waals surface area contributed by atoms with Crippen molar-refractivity contribution in [3.63, 3.8) is 0 Å². The number of carbonyl (C=O) groups is 3. The molecular weight excluding hydrogens is 344 g/mol. The minimum Gasteiger partial charge on any atom is -0.455 e. The van der Waals surface area contributed by atoms with Crippen LogP contribution in [-0.4, -0.2) is 55.2 Å². The lowest BCUT2D eigenvalue weighted by Gasteiger charge is -2.23. The first-order valence-corrected chi connectivity index (χ1v) is 8.18. The van der Waals surface area contributed by atoms with E-state index >= 15 is 0 Å². The highest BCUT2D eigenvalue weighted by atomic mass is 16.8. The fourth-order valence-corrected chi connectivity index (χ4v) is 3.18. The van der Waals surface area contributed by atoms with Crippen LogP contribution in [0.5, 0.6) is 0 Å². The van der Waals surface area contributed by atoms with E-state index in [0.717, 1.165) is 0 Å². The summed E-state index contributed by atoms with van der Waals surface area (Å²) in [4.78, 5) is 35.2. The second-order valence-electron chi connectivity index (χ2n) is 6.25.